The first-order valence-corrected chi connectivity index (χ1v) is 9.17. The van der Waals surface area contributed by atoms with Crippen molar-refractivity contribution in [2.24, 2.45) is 10.7 Å². The number of aliphatic imine (C=N–C) groups is 1. The molecule has 1 atom stereocenters. The monoisotopic (exact) mass is 303 g/mol. The smallest absolute Gasteiger partial charge is 0.188 e. The van der Waals surface area contributed by atoms with Crippen LogP contribution in [-0.2, 0) is 14.6 Å². The number of rotatable bonds is 5. The Labute approximate surface area is 121 Å². The maximum absolute atomic E-state index is 12.0. The Morgan fingerprint density at radius 3 is 2.65 bits per heavy atom. The van der Waals surface area contributed by atoms with E-state index in [9.17, 15) is 8.42 Å². The highest BCUT2D eigenvalue weighted by atomic mass is 32.2. The van der Waals surface area contributed by atoms with Gasteiger partial charge in [0.05, 0.1) is 17.4 Å². The summed E-state index contributed by atoms with van der Waals surface area (Å²) in [4.78, 5) is 4.25. The van der Waals surface area contributed by atoms with Crippen molar-refractivity contribution in [3.8, 4) is 0 Å². The summed E-state index contributed by atoms with van der Waals surface area (Å²) in [7, 11) is -3.11. The minimum absolute atomic E-state index is 0.194. The van der Waals surface area contributed by atoms with Gasteiger partial charge < -0.3 is 15.8 Å². The molecule has 0 bridgehead atoms. The zero-order valence-corrected chi connectivity index (χ0v) is 12.9. The van der Waals surface area contributed by atoms with Gasteiger partial charge in [-0.2, -0.15) is 0 Å². The van der Waals surface area contributed by atoms with Crippen molar-refractivity contribution in [2.45, 2.75) is 49.4 Å². The van der Waals surface area contributed by atoms with Crippen molar-refractivity contribution in [3.05, 3.63) is 0 Å². The fourth-order valence-corrected chi connectivity index (χ4v) is 4.30. The number of nitrogens with two attached hydrogens (primary N) is 1. The summed E-state index contributed by atoms with van der Waals surface area (Å²) in [5.41, 5.74) is 5.82. The Morgan fingerprint density at radius 1 is 1.40 bits per heavy atom. The Kier molecular flexibility index (Phi) is 4.90. The first-order valence-electron chi connectivity index (χ1n) is 7.28. The molecule has 0 radical (unpaired) electrons. The molecule has 2 rings (SSSR count). The third kappa shape index (κ3) is 3.63. The van der Waals surface area contributed by atoms with Crippen LogP contribution in [-0.4, -0.2) is 51.2 Å². The van der Waals surface area contributed by atoms with Crippen LogP contribution in [0.25, 0.3) is 0 Å². The number of nitrogens with one attached hydrogen (secondary N) is 1. The molecular formula is C13H25N3O3S. The van der Waals surface area contributed by atoms with Crippen LogP contribution >= 0.6 is 0 Å². The maximum atomic E-state index is 12.0. The van der Waals surface area contributed by atoms with E-state index in [1.54, 1.807) is 0 Å². The molecule has 6 nitrogen and oxygen atoms in total. The number of nitrogens with zero attached hydrogens (tertiary/aromatic N) is 1. The highest BCUT2D eigenvalue weighted by Gasteiger charge is 2.43. The number of sulfone groups is 1. The Balaban J connectivity index is 1.89. The second kappa shape index (κ2) is 6.30. The molecule has 1 saturated heterocycles. The minimum atomic E-state index is -3.11. The van der Waals surface area contributed by atoms with Gasteiger partial charge >= 0.3 is 0 Å². The van der Waals surface area contributed by atoms with Crippen molar-refractivity contribution in [2.75, 3.05) is 26.0 Å². The molecule has 1 unspecified atom stereocenters. The van der Waals surface area contributed by atoms with Gasteiger partial charge in [0, 0.05) is 19.4 Å². The van der Waals surface area contributed by atoms with E-state index < -0.39 is 14.6 Å². The van der Waals surface area contributed by atoms with E-state index in [1.807, 2.05) is 0 Å². The van der Waals surface area contributed by atoms with Crippen LogP contribution in [0.15, 0.2) is 4.99 Å². The van der Waals surface area contributed by atoms with Crippen LogP contribution in [0.5, 0.6) is 0 Å². The molecule has 3 N–H and O–H groups in total. The van der Waals surface area contributed by atoms with Crippen molar-refractivity contribution in [1.29, 1.82) is 0 Å². The number of guanidine groups is 1. The first-order chi connectivity index (χ1) is 9.43. The standard InChI is InChI=1S/C13H25N3O3S/c1-20(17,18)13(6-2-3-7-13)10-16-12(14)15-9-11-5-4-8-19-11/h11H,2-10H2,1H3,(H3,14,15,16). The van der Waals surface area contributed by atoms with Gasteiger partial charge in [-0.3, -0.25) is 4.99 Å². The van der Waals surface area contributed by atoms with Gasteiger partial charge in [0.2, 0.25) is 0 Å². The summed E-state index contributed by atoms with van der Waals surface area (Å²) in [6.45, 7) is 1.71. The van der Waals surface area contributed by atoms with Crippen LogP contribution in [0, 0.1) is 0 Å². The van der Waals surface area contributed by atoms with Gasteiger partial charge in [-0.25, -0.2) is 8.42 Å². The molecule has 2 aliphatic rings. The van der Waals surface area contributed by atoms with Gasteiger partial charge in [-0.15, -0.1) is 0 Å². The average Bonchev–Trinajstić information content (AvgIpc) is 3.04. The van der Waals surface area contributed by atoms with Gasteiger partial charge in [0.25, 0.3) is 0 Å². The summed E-state index contributed by atoms with van der Waals surface area (Å²) in [5.74, 6) is 0.315. The van der Waals surface area contributed by atoms with E-state index in [2.05, 4.69) is 10.3 Å². The van der Waals surface area contributed by atoms with Crippen LogP contribution in [0.2, 0.25) is 0 Å². The van der Waals surface area contributed by atoms with Gasteiger partial charge in [0.1, 0.15) is 0 Å². The molecule has 1 aliphatic heterocycles. The average molecular weight is 303 g/mol. The lowest BCUT2D eigenvalue weighted by Gasteiger charge is -2.25. The van der Waals surface area contributed by atoms with Crippen molar-refractivity contribution >= 4 is 15.8 Å². The SMILES string of the molecule is CS(=O)(=O)C1(CN=C(N)NCC2CCCO2)CCCC1. The third-order valence-corrected chi connectivity index (χ3v) is 6.48. The van der Waals surface area contributed by atoms with E-state index >= 15 is 0 Å². The van der Waals surface area contributed by atoms with Gasteiger partial charge in [-0.1, -0.05) is 12.8 Å². The van der Waals surface area contributed by atoms with E-state index in [1.165, 1.54) is 6.26 Å². The number of ether oxygens (including phenoxy) is 1. The van der Waals surface area contributed by atoms with Crippen LogP contribution in [0.3, 0.4) is 0 Å². The lowest BCUT2D eigenvalue weighted by atomic mass is 10.1. The van der Waals surface area contributed by atoms with Crippen molar-refractivity contribution < 1.29 is 13.2 Å². The lowest BCUT2D eigenvalue weighted by Crippen LogP contribution is -2.42. The highest BCUT2D eigenvalue weighted by molar-refractivity contribution is 7.92. The lowest BCUT2D eigenvalue weighted by molar-refractivity contribution is 0.114. The second-order valence-electron chi connectivity index (χ2n) is 5.88. The molecule has 1 aliphatic carbocycles. The number of hydrogen-bond acceptors (Lipinski definition) is 4. The van der Waals surface area contributed by atoms with Crippen LogP contribution in [0.1, 0.15) is 38.5 Å². The third-order valence-electron chi connectivity index (χ3n) is 4.37. The second-order valence-corrected chi connectivity index (χ2v) is 8.29. The Morgan fingerprint density at radius 2 is 2.10 bits per heavy atom. The van der Waals surface area contributed by atoms with Crippen molar-refractivity contribution in [1.82, 2.24) is 5.32 Å². The van der Waals surface area contributed by atoms with Gasteiger partial charge in [0.15, 0.2) is 15.8 Å². The molecule has 1 saturated carbocycles. The Bertz CT molecular complexity index is 449. The fourth-order valence-electron chi connectivity index (χ4n) is 2.97. The molecule has 20 heavy (non-hydrogen) atoms. The first kappa shape index (κ1) is 15.6. The molecule has 0 amide bonds. The topological polar surface area (TPSA) is 93.8 Å². The molecule has 7 heteroatoms. The van der Waals surface area contributed by atoms with E-state index in [-0.39, 0.29) is 12.6 Å². The van der Waals surface area contributed by atoms with E-state index in [0.717, 1.165) is 32.3 Å². The molecule has 2 fully saturated rings. The molecule has 0 aromatic heterocycles. The minimum Gasteiger partial charge on any atom is -0.376 e. The van der Waals surface area contributed by atoms with E-state index in [0.29, 0.717) is 25.3 Å². The molecular weight excluding hydrogens is 278 g/mol. The fraction of sp³-hybridized carbons (Fsp3) is 0.923. The van der Waals surface area contributed by atoms with E-state index in [4.69, 9.17) is 10.5 Å². The predicted octanol–water partition coefficient (Wildman–Crippen LogP) is 0.427. The number of hydrogen-bond donors (Lipinski definition) is 2. The zero-order chi connectivity index (χ0) is 14.6. The molecule has 0 aromatic carbocycles. The van der Waals surface area contributed by atoms with Crippen molar-refractivity contribution in [3.63, 3.8) is 0 Å². The summed E-state index contributed by atoms with van der Waals surface area (Å²) >= 11 is 0. The highest BCUT2D eigenvalue weighted by Crippen LogP contribution is 2.36. The van der Waals surface area contributed by atoms with Gasteiger partial charge in [-0.05, 0) is 25.7 Å². The maximum Gasteiger partial charge on any atom is 0.188 e. The zero-order valence-electron chi connectivity index (χ0n) is 12.1. The summed E-state index contributed by atoms with van der Waals surface area (Å²) in [6, 6.07) is 0. The molecule has 1 heterocycles. The Hall–Kier alpha value is -0.820. The normalized spacial score (nSPS) is 26.9. The largest absolute Gasteiger partial charge is 0.376 e. The molecule has 0 spiro atoms. The van der Waals surface area contributed by atoms with Crippen LogP contribution < -0.4 is 11.1 Å². The predicted molar refractivity (Wildman–Crippen MR) is 79.5 cm³/mol. The van der Waals surface area contributed by atoms with Crippen LogP contribution in [0.4, 0.5) is 0 Å². The summed E-state index contributed by atoms with van der Waals surface area (Å²) in [6.07, 6.45) is 6.90. The quantitative estimate of drug-likeness (QED) is 0.567. The summed E-state index contributed by atoms with van der Waals surface area (Å²) in [5, 5.41) is 3.03. The molecule has 116 valence electrons. The summed E-state index contributed by atoms with van der Waals surface area (Å²) < 4.78 is 28.8. The molecule has 0 aromatic rings.